The van der Waals surface area contributed by atoms with Gasteiger partial charge in [-0.25, -0.2) is 8.96 Å². The lowest BCUT2D eigenvalue weighted by Gasteiger charge is -2.26. The van der Waals surface area contributed by atoms with Crippen molar-refractivity contribution < 1.29 is 13.7 Å². The number of hydrogen-bond acceptors (Lipinski definition) is 1. The molecule has 5 aromatic rings. The molecule has 1 aromatic heterocycles. The number of pyridine rings is 1. The van der Waals surface area contributed by atoms with Crippen LogP contribution in [0.25, 0.3) is 43.6 Å². The highest BCUT2D eigenvalue weighted by Gasteiger charge is 2.33. The monoisotopic (exact) mass is 422 g/mol. The second-order valence-corrected chi connectivity index (χ2v) is 9.36. The van der Waals surface area contributed by atoms with Crippen LogP contribution in [0, 0.1) is 18.7 Å². The fraction of sp³-hybridized carbons (Fsp3) is 0.207. The lowest BCUT2D eigenvalue weighted by Crippen LogP contribution is -2.32. The summed E-state index contributed by atoms with van der Waals surface area (Å²) in [4.78, 5) is 0. The van der Waals surface area contributed by atoms with Crippen molar-refractivity contribution in [1.82, 2.24) is 0 Å². The predicted octanol–water partition coefficient (Wildman–Crippen LogP) is 7.39. The van der Waals surface area contributed by atoms with Crippen molar-refractivity contribution >= 4 is 32.3 Å². The van der Waals surface area contributed by atoms with Gasteiger partial charge >= 0.3 is 0 Å². The quantitative estimate of drug-likeness (QED) is 0.209. The van der Waals surface area contributed by atoms with Crippen LogP contribution >= 0.6 is 0 Å². The van der Waals surface area contributed by atoms with Crippen molar-refractivity contribution in [2.45, 2.75) is 27.2 Å². The van der Waals surface area contributed by atoms with Crippen LogP contribution in [0.4, 0.5) is 4.39 Å². The Labute approximate surface area is 186 Å². The third kappa shape index (κ3) is 2.60. The van der Waals surface area contributed by atoms with Crippen molar-refractivity contribution in [3.63, 3.8) is 0 Å². The summed E-state index contributed by atoms with van der Waals surface area (Å²) in [5.41, 5.74) is 4.81. The average Bonchev–Trinajstić information content (AvgIpc) is 2.77. The molecule has 0 radical (unpaired) electrons. The van der Waals surface area contributed by atoms with Gasteiger partial charge in [0.2, 0.25) is 5.69 Å². The summed E-state index contributed by atoms with van der Waals surface area (Å²) < 4.78 is 23.0. The molecule has 0 bridgehead atoms. The predicted molar refractivity (Wildman–Crippen MR) is 129 cm³/mol. The van der Waals surface area contributed by atoms with Crippen molar-refractivity contribution in [1.29, 1.82) is 0 Å². The molecule has 1 aliphatic rings. The molecule has 0 atom stereocenters. The van der Waals surface area contributed by atoms with Crippen molar-refractivity contribution in [2.24, 2.45) is 13.0 Å². The van der Waals surface area contributed by atoms with Crippen molar-refractivity contribution in [3.8, 4) is 22.8 Å². The fourth-order valence-electron chi connectivity index (χ4n) is 5.39. The molecular formula is C29H25FNO+. The van der Waals surface area contributed by atoms with E-state index in [1.807, 2.05) is 12.1 Å². The zero-order valence-corrected chi connectivity index (χ0v) is 18.8. The van der Waals surface area contributed by atoms with Gasteiger partial charge in [-0.05, 0) is 64.6 Å². The van der Waals surface area contributed by atoms with Gasteiger partial charge in [-0.2, -0.15) is 0 Å². The topological polar surface area (TPSA) is 13.1 Å². The minimum absolute atomic E-state index is 0.232. The first-order valence-corrected chi connectivity index (χ1v) is 11.2. The molecule has 4 aromatic carbocycles. The van der Waals surface area contributed by atoms with E-state index in [1.54, 1.807) is 6.07 Å². The maximum atomic E-state index is 14.1. The van der Waals surface area contributed by atoms with Gasteiger partial charge in [0.15, 0.2) is 6.20 Å². The molecule has 3 heteroatoms. The summed E-state index contributed by atoms with van der Waals surface area (Å²) in [5, 5.41) is 6.61. The minimum Gasteiger partial charge on any atom is -0.455 e. The van der Waals surface area contributed by atoms with Crippen molar-refractivity contribution in [3.05, 3.63) is 77.7 Å². The molecule has 2 nitrogen and oxygen atoms in total. The van der Waals surface area contributed by atoms with Crippen LogP contribution in [0.5, 0.6) is 11.5 Å². The van der Waals surface area contributed by atoms with Crippen molar-refractivity contribution in [2.75, 3.05) is 0 Å². The molecule has 0 saturated heterocycles. The maximum absolute atomic E-state index is 14.1. The summed E-state index contributed by atoms with van der Waals surface area (Å²) in [6, 6.07) is 17.8. The highest BCUT2D eigenvalue weighted by atomic mass is 19.1. The van der Waals surface area contributed by atoms with Crippen LogP contribution in [0.1, 0.15) is 25.0 Å². The standard InChI is InChI=1S/C29H25FNO/c1-16(2)13-24-22-8-6-5-7-20(22)17(3)26-28-27-23(11-12-31(28)4)21-10-9-19(30)14-18(21)15-25(27)32-29(24)26/h5-12,14-16H,13H2,1-4H3/q+1. The number of ether oxygens (including phenoxy) is 1. The number of aryl methyl sites for hydroxylation is 2. The maximum Gasteiger partial charge on any atom is 0.228 e. The van der Waals surface area contributed by atoms with Gasteiger partial charge in [-0.15, -0.1) is 0 Å². The number of aromatic nitrogens is 1. The van der Waals surface area contributed by atoms with Crippen LogP contribution in [0.2, 0.25) is 0 Å². The van der Waals surface area contributed by atoms with Crippen LogP contribution in [0.3, 0.4) is 0 Å². The lowest BCUT2D eigenvalue weighted by atomic mass is 9.85. The Hall–Kier alpha value is -3.46. The Morgan fingerprint density at radius 1 is 0.938 bits per heavy atom. The molecule has 32 heavy (non-hydrogen) atoms. The largest absolute Gasteiger partial charge is 0.455 e. The fourth-order valence-corrected chi connectivity index (χ4v) is 5.39. The Balaban J connectivity index is 1.82. The van der Waals surface area contributed by atoms with Gasteiger partial charge in [0.25, 0.3) is 0 Å². The zero-order valence-electron chi connectivity index (χ0n) is 18.8. The summed E-state index contributed by atoms with van der Waals surface area (Å²) >= 11 is 0. The molecule has 158 valence electrons. The van der Waals surface area contributed by atoms with Gasteiger partial charge in [-0.1, -0.05) is 44.2 Å². The number of hydrogen-bond donors (Lipinski definition) is 0. The first-order chi connectivity index (χ1) is 15.4. The zero-order chi connectivity index (χ0) is 22.1. The molecule has 0 unspecified atom stereocenters. The highest BCUT2D eigenvalue weighted by Crippen LogP contribution is 2.52. The summed E-state index contributed by atoms with van der Waals surface area (Å²) in [5.74, 6) is 2.01. The summed E-state index contributed by atoms with van der Waals surface area (Å²) in [6.45, 7) is 6.69. The molecule has 0 amide bonds. The molecule has 0 saturated carbocycles. The van der Waals surface area contributed by atoms with E-state index in [2.05, 4.69) is 68.9 Å². The smallest absolute Gasteiger partial charge is 0.228 e. The van der Waals surface area contributed by atoms with E-state index in [0.29, 0.717) is 5.92 Å². The normalized spacial score (nSPS) is 12.6. The van der Waals surface area contributed by atoms with Crippen LogP contribution in [-0.2, 0) is 13.5 Å². The van der Waals surface area contributed by atoms with E-state index in [9.17, 15) is 4.39 Å². The molecule has 6 rings (SSSR count). The Morgan fingerprint density at radius 2 is 1.72 bits per heavy atom. The lowest BCUT2D eigenvalue weighted by molar-refractivity contribution is -0.659. The van der Waals surface area contributed by atoms with E-state index in [0.717, 1.165) is 39.5 Å². The summed E-state index contributed by atoms with van der Waals surface area (Å²) in [7, 11) is 2.10. The molecule has 0 fully saturated rings. The number of nitrogens with zero attached hydrogens (tertiary/aromatic N) is 1. The van der Waals surface area contributed by atoms with E-state index in [4.69, 9.17) is 4.74 Å². The molecule has 0 N–H and O–H groups in total. The van der Waals surface area contributed by atoms with E-state index >= 15 is 0 Å². The average molecular weight is 423 g/mol. The highest BCUT2D eigenvalue weighted by molar-refractivity contribution is 6.16. The van der Waals surface area contributed by atoms with Gasteiger partial charge in [-0.3, -0.25) is 0 Å². The van der Waals surface area contributed by atoms with Gasteiger partial charge in [0.05, 0.1) is 10.9 Å². The molecule has 0 aliphatic carbocycles. The van der Waals surface area contributed by atoms with Gasteiger partial charge < -0.3 is 4.74 Å². The van der Waals surface area contributed by atoms with Crippen LogP contribution in [0.15, 0.2) is 60.8 Å². The second kappa shape index (κ2) is 6.77. The van der Waals surface area contributed by atoms with E-state index in [1.165, 1.54) is 39.2 Å². The van der Waals surface area contributed by atoms with Gasteiger partial charge in [0.1, 0.15) is 24.4 Å². The number of rotatable bonds is 2. The van der Waals surface area contributed by atoms with Crippen LogP contribution in [-0.4, -0.2) is 0 Å². The van der Waals surface area contributed by atoms with Crippen LogP contribution < -0.4 is 9.30 Å². The Morgan fingerprint density at radius 3 is 2.50 bits per heavy atom. The molecule has 2 heterocycles. The third-order valence-corrected chi connectivity index (χ3v) is 6.75. The molecule has 1 aliphatic heterocycles. The number of fused-ring (bicyclic) bond motifs is 5. The van der Waals surface area contributed by atoms with E-state index < -0.39 is 0 Å². The molecular weight excluding hydrogens is 397 g/mol. The SMILES string of the molecule is Cc1c2c(c(CC(C)C)c3ccccc13)Oc1cc3cc(F)ccc3c3cc[n+](C)c-2c13. The minimum atomic E-state index is -0.232. The van der Waals surface area contributed by atoms with Gasteiger partial charge in [0, 0.05) is 17.0 Å². The molecule has 0 spiro atoms. The number of benzene rings is 4. The first-order valence-electron chi connectivity index (χ1n) is 11.2. The third-order valence-electron chi connectivity index (χ3n) is 6.75. The number of halogens is 1. The van der Waals surface area contributed by atoms with E-state index in [-0.39, 0.29) is 5.82 Å². The Kier molecular flexibility index (Phi) is 4.07. The second-order valence-electron chi connectivity index (χ2n) is 9.36. The Bertz CT molecular complexity index is 1580. The summed E-state index contributed by atoms with van der Waals surface area (Å²) in [6.07, 6.45) is 3.04. The first kappa shape index (κ1) is 19.2.